The van der Waals surface area contributed by atoms with Crippen LogP contribution in [0.4, 0.5) is 11.4 Å². The molecule has 1 fully saturated rings. The van der Waals surface area contributed by atoms with E-state index in [0.29, 0.717) is 42.6 Å². The van der Waals surface area contributed by atoms with Gasteiger partial charge in [-0.05, 0) is 18.2 Å². The highest BCUT2D eigenvalue weighted by molar-refractivity contribution is 5.94. The fraction of sp³-hybridized carbons (Fsp3) is 0.250. The summed E-state index contributed by atoms with van der Waals surface area (Å²) < 4.78 is 1.14. The zero-order valence-electron chi connectivity index (χ0n) is 20.7. The summed E-state index contributed by atoms with van der Waals surface area (Å²) in [5.41, 5.74) is 1.58. The lowest BCUT2D eigenvalue weighted by Gasteiger charge is -2.37. The van der Waals surface area contributed by atoms with Crippen molar-refractivity contribution in [3.63, 3.8) is 0 Å². The Morgan fingerprint density at radius 2 is 1.57 bits per heavy atom. The SMILES string of the molecule is CC(C)C(=O)N1CCN(c2ccc([N+](=O)[O-])c(-n3nc(-c4ccccc4)c4ccccc4c3=O)c2)CC1. The molecule has 0 radical (unpaired) electrons. The third-order valence-electron chi connectivity index (χ3n) is 6.69. The molecule has 3 aromatic carbocycles. The first-order valence-corrected chi connectivity index (χ1v) is 12.2. The van der Waals surface area contributed by atoms with Crippen LogP contribution in [0.1, 0.15) is 13.8 Å². The van der Waals surface area contributed by atoms with Crippen LogP contribution in [0, 0.1) is 16.0 Å². The number of piperazine rings is 1. The standard InChI is InChI=1S/C28H27N5O4/c1-19(2)27(34)31-16-14-30(15-17-31)21-12-13-24(33(36)37)25(18-21)32-28(35)23-11-7-6-10-22(23)26(29-32)20-8-4-3-5-9-20/h3-13,18-19H,14-17H2,1-2H3. The average Bonchev–Trinajstić information content (AvgIpc) is 2.93. The molecule has 0 saturated carbocycles. The van der Waals surface area contributed by atoms with Gasteiger partial charge in [-0.1, -0.05) is 62.4 Å². The molecule has 5 rings (SSSR count). The molecule has 1 aromatic heterocycles. The van der Waals surface area contributed by atoms with E-state index < -0.39 is 10.5 Å². The quantitative estimate of drug-likeness (QED) is 0.302. The van der Waals surface area contributed by atoms with Crippen molar-refractivity contribution in [3.05, 3.63) is 93.3 Å². The molecule has 9 heteroatoms. The van der Waals surface area contributed by atoms with Crippen LogP contribution >= 0.6 is 0 Å². The first kappa shape index (κ1) is 24.2. The number of carbonyl (C=O) groups is 1. The predicted molar refractivity (Wildman–Crippen MR) is 143 cm³/mol. The molecule has 4 aromatic rings. The Morgan fingerprint density at radius 1 is 0.919 bits per heavy atom. The largest absolute Gasteiger partial charge is 0.368 e. The van der Waals surface area contributed by atoms with E-state index in [4.69, 9.17) is 0 Å². The van der Waals surface area contributed by atoms with Crippen molar-refractivity contribution in [3.8, 4) is 16.9 Å². The van der Waals surface area contributed by atoms with E-state index in [0.717, 1.165) is 15.9 Å². The molecule has 1 amide bonds. The molecule has 1 aliphatic rings. The third-order valence-corrected chi connectivity index (χ3v) is 6.69. The van der Waals surface area contributed by atoms with Crippen molar-refractivity contribution in [1.82, 2.24) is 14.7 Å². The molecule has 0 N–H and O–H groups in total. The maximum Gasteiger partial charge on any atom is 0.295 e. The van der Waals surface area contributed by atoms with Crippen molar-refractivity contribution >= 4 is 28.1 Å². The summed E-state index contributed by atoms with van der Waals surface area (Å²) in [6, 6.07) is 21.4. The summed E-state index contributed by atoms with van der Waals surface area (Å²) in [5, 5.41) is 17.8. The fourth-order valence-electron chi connectivity index (χ4n) is 4.74. The number of rotatable bonds is 5. The maximum atomic E-state index is 13.6. The monoisotopic (exact) mass is 497 g/mol. The van der Waals surface area contributed by atoms with Gasteiger partial charge >= 0.3 is 0 Å². The van der Waals surface area contributed by atoms with Gasteiger partial charge in [0.15, 0.2) is 0 Å². The second-order valence-electron chi connectivity index (χ2n) is 9.37. The summed E-state index contributed by atoms with van der Waals surface area (Å²) in [6.45, 7) is 6.08. The van der Waals surface area contributed by atoms with Crippen molar-refractivity contribution in [2.75, 3.05) is 31.1 Å². The van der Waals surface area contributed by atoms with E-state index in [2.05, 4.69) is 10.00 Å². The lowest BCUT2D eigenvalue weighted by molar-refractivity contribution is -0.384. The third kappa shape index (κ3) is 4.55. The molecule has 188 valence electrons. The zero-order valence-corrected chi connectivity index (χ0v) is 20.7. The number of hydrogen-bond acceptors (Lipinski definition) is 6. The second kappa shape index (κ2) is 9.85. The first-order valence-electron chi connectivity index (χ1n) is 12.2. The van der Waals surface area contributed by atoms with Gasteiger partial charge in [0.1, 0.15) is 5.69 Å². The minimum Gasteiger partial charge on any atom is -0.368 e. The molecule has 37 heavy (non-hydrogen) atoms. The van der Waals surface area contributed by atoms with Gasteiger partial charge in [0, 0.05) is 54.8 Å². The van der Waals surface area contributed by atoms with Gasteiger partial charge in [-0.3, -0.25) is 19.7 Å². The van der Waals surface area contributed by atoms with Gasteiger partial charge in [0.25, 0.3) is 11.2 Å². The summed E-state index contributed by atoms with van der Waals surface area (Å²) in [5.74, 6) is 0.0478. The van der Waals surface area contributed by atoms with Crippen molar-refractivity contribution in [2.45, 2.75) is 13.8 Å². The molecule has 1 saturated heterocycles. The van der Waals surface area contributed by atoms with E-state index >= 15 is 0 Å². The Balaban J connectivity index is 1.62. The number of aromatic nitrogens is 2. The van der Waals surface area contributed by atoms with Crippen LogP contribution in [0.15, 0.2) is 77.6 Å². The van der Waals surface area contributed by atoms with Crippen LogP contribution in [-0.2, 0) is 4.79 Å². The molecule has 1 aliphatic heterocycles. The van der Waals surface area contributed by atoms with Crippen LogP contribution < -0.4 is 10.5 Å². The Kier molecular flexibility index (Phi) is 6.43. The Morgan fingerprint density at radius 3 is 2.22 bits per heavy atom. The zero-order chi connectivity index (χ0) is 26.1. The normalized spacial score (nSPS) is 13.8. The van der Waals surface area contributed by atoms with Gasteiger partial charge < -0.3 is 9.80 Å². The molecule has 0 aliphatic carbocycles. The van der Waals surface area contributed by atoms with Crippen LogP contribution in [-0.4, -0.2) is 51.7 Å². The molecule has 0 spiro atoms. The second-order valence-corrected chi connectivity index (χ2v) is 9.37. The fourth-order valence-corrected chi connectivity index (χ4v) is 4.74. The molecular weight excluding hydrogens is 470 g/mol. The molecule has 0 bridgehead atoms. The molecule has 9 nitrogen and oxygen atoms in total. The summed E-state index contributed by atoms with van der Waals surface area (Å²) in [6.07, 6.45) is 0. The highest BCUT2D eigenvalue weighted by Crippen LogP contribution is 2.30. The predicted octanol–water partition coefficient (Wildman–Crippen LogP) is 4.27. The van der Waals surface area contributed by atoms with Gasteiger partial charge in [-0.2, -0.15) is 9.78 Å². The van der Waals surface area contributed by atoms with Gasteiger partial charge in [-0.15, -0.1) is 0 Å². The average molecular weight is 498 g/mol. The topological polar surface area (TPSA) is 102 Å². The lowest BCUT2D eigenvalue weighted by Crippen LogP contribution is -2.49. The van der Waals surface area contributed by atoms with E-state index in [-0.39, 0.29) is 23.2 Å². The molecule has 2 heterocycles. The van der Waals surface area contributed by atoms with Crippen molar-refractivity contribution in [1.29, 1.82) is 0 Å². The number of amides is 1. The molecular formula is C28H27N5O4. The lowest BCUT2D eigenvalue weighted by atomic mass is 10.1. The van der Waals surface area contributed by atoms with E-state index in [1.54, 1.807) is 24.3 Å². The smallest absolute Gasteiger partial charge is 0.295 e. The van der Waals surface area contributed by atoms with E-state index in [9.17, 15) is 19.7 Å². The minimum atomic E-state index is -0.496. The van der Waals surface area contributed by atoms with Gasteiger partial charge in [0.2, 0.25) is 5.91 Å². The summed E-state index contributed by atoms with van der Waals surface area (Å²) in [7, 11) is 0. The first-order chi connectivity index (χ1) is 17.8. The number of nitro groups is 1. The Hall–Kier alpha value is -4.53. The molecule has 0 atom stereocenters. The Labute approximate surface area is 213 Å². The highest BCUT2D eigenvalue weighted by Gasteiger charge is 2.26. The molecule has 0 unspecified atom stereocenters. The van der Waals surface area contributed by atoms with E-state index in [1.807, 2.05) is 61.2 Å². The van der Waals surface area contributed by atoms with Crippen molar-refractivity contribution in [2.24, 2.45) is 5.92 Å². The number of carbonyl (C=O) groups excluding carboxylic acids is 1. The van der Waals surface area contributed by atoms with E-state index in [1.165, 1.54) is 6.07 Å². The van der Waals surface area contributed by atoms with Gasteiger partial charge in [-0.25, -0.2) is 0 Å². The van der Waals surface area contributed by atoms with Crippen LogP contribution in [0.5, 0.6) is 0 Å². The number of fused-ring (bicyclic) bond motifs is 1. The maximum absolute atomic E-state index is 13.6. The van der Waals surface area contributed by atoms with Crippen LogP contribution in [0.3, 0.4) is 0 Å². The number of hydrogen-bond donors (Lipinski definition) is 0. The van der Waals surface area contributed by atoms with Crippen LogP contribution in [0.2, 0.25) is 0 Å². The summed E-state index contributed by atoms with van der Waals surface area (Å²) >= 11 is 0. The van der Waals surface area contributed by atoms with Crippen molar-refractivity contribution < 1.29 is 9.72 Å². The summed E-state index contributed by atoms with van der Waals surface area (Å²) in [4.78, 5) is 41.4. The minimum absolute atomic E-state index is 0.0674. The Bertz CT molecular complexity index is 1540. The number of benzene rings is 3. The van der Waals surface area contributed by atoms with Crippen LogP contribution in [0.25, 0.3) is 27.7 Å². The number of nitrogens with zero attached hydrogens (tertiary/aromatic N) is 5. The van der Waals surface area contributed by atoms with Gasteiger partial charge in [0.05, 0.1) is 16.0 Å². The number of anilines is 1. The number of nitro benzene ring substituents is 1. The highest BCUT2D eigenvalue weighted by atomic mass is 16.6.